The molecule has 0 saturated carbocycles. The second-order valence-electron chi connectivity index (χ2n) is 7.57. The maximum atomic E-state index is 13.1. The molecular formula is C24H18F6N4OS. The van der Waals surface area contributed by atoms with Gasteiger partial charge in [-0.1, -0.05) is 12.6 Å². The number of carbonyl (C=O) groups excluding carboxylic acids is 1. The largest absolute Gasteiger partial charge is 0.416 e. The van der Waals surface area contributed by atoms with Crippen LogP contribution in [0.2, 0.25) is 0 Å². The van der Waals surface area contributed by atoms with Crippen LogP contribution in [0.4, 0.5) is 37.7 Å². The lowest BCUT2D eigenvalue weighted by Gasteiger charge is -2.16. The SMILES string of the molecule is C=C(NC(=S)Nc1cc(C(=O)Nc2cc(C(F)(F)F)cc(C(F)(F)F)c2)ccc1C)c1ccncc1. The van der Waals surface area contributed by atoms with Crippen LogP contribution in [0.3, 0.4) is 0 Å². The zero-order valence-electron chi connectivity index (χ0n) is 18.5. The molecule has 0 fully saturated rings. The first kappa shape index (κ1) is 26.7. The van der Waals surface area contributed by atoms with Crippen molar-refractivity contribution in [1.82, 2.24) is 10.3 Å². The fraction of sp³-hybridized carbons (Fsp3) is 0.125. The molecule has 1 heterocycles. The van der Waals surface area contributed by atoms with E-state index < -0.39 is 35.1 Å². The fourth-order valence-corrected chi connectivity index (χ4v) is 3.28. The highest BCUT2D eigenvalue weighted by Gasteiger charge is 2.37. The van der Waals surface area contributed by atoms with Gasteiger partial charge in [0.2, 0.25) is 0 Å². The van der Waals surface area contributed by atoms with Gasteiger partial charge in [0, 0.05) is 40.6 Å². The van der Waals surface area contributed by atoms with Gasteiger partial charge in [0.25, 0.3) is 5.91 Å². The molecule has 0 saturated heterocycles. The number of hydrogen-bond donors (Lipinski definition) is 3. The Hall–Kier alpha value is -3.93. The predicted molar refractivity (Wildman–Crippen MR) is 128 cm³/mol. The quantitative estimate of drug-likeness (QED) is 0.258. The number of nitrogens with zero attached hydrogens (tertiary/aromatic N) is 1. The lowest BCUT2D eigenvalue weighted by Crippen LogP contribution is -2.27. The van der Waals surface area contributed by atoms with Crippen LogP contribution >= 0.6 is 12.2 Å². The molecule has 5 nitrogen and oxygen atoms in total. The number of pyridine rings is 1. The van der Waals surface area contributed by atoms with Gasteiger partial charge in [-0.3, -0.25) is 9.78 Å². The first-order valence-electron chi connectivity index (χ1n) is 10.1. The zero-order valence-corrected chi connectivity index (χ0v) is 19.3. The number of carbonyl (C=O) groups is 1. The molecule has 0 bridgehead atoms. The summed E-state index contributed by atoms with van der Waals surface area (Å²) < 4.78 is 78.6. The van der Waals surface area contributed by atoms with Crippen molar-refractivity contribution in [3.8, 4) is 0 Å². The molecule has 1 aromatic heterocycles. The highest BCUT2D eigenvalue weighted by molar-refractivity contribution is 7.80. The lowest BCUT2D eigenvalue weighted by atomic mass is 10.1. The zero-order chi connectivity index (χ0) is 26.7. The van der Waals surface area contributed by atoms with E-state index in [0.29, 0.717) is 29.1 Å². The second kappa shape index (κ2) is 10.4. The van der Waals surface area contributed by atoms with Gasteiger partial charge in [-0.25, -0.2) is 0 Å². The molecule has 3 aromatic rings. The molecule has 2 aromatic carbocycles. The van der Waals surface area contributed by atoms with E-state index in [1.807, 2.05) is 0 Å². The van der Waals surface area contributed by atoms with Gasteiger partial charge in [-0.2, -0.15) is 26.3 Å². The summed E-state index contributed by atoms with van der Waals surface area (Å²) in [5, 5.41) is 8.03. The van der Waals surface area contributed by atoms with Crippen LogP contribution in [0, 0.1) is 6.92 Å². The number of hydrogen-bond acceptors (Lipinski definition) is 3. The average Bonchev–Trinajstić information content (AvgIpc) is 2.79. The van der Waals surface area contributed by atoms with Crippen molar-refractivity contribution in [2.24, 2.45) is 0 Å². The van der Waals surface area contributed by atoms with Crippen molar-refractivity contribution in [2.45, 2.75) is 19.3 Å². The number of halogens is 6. The van der Waals surface area contributed by atoms with E-state index in [1.165, 1.54) is 12.1 Å². The first-order chi connectivity index (χ1) is 16.7. The summed E-state index contributed by atoms with van der Waals surface area (Å²) >= 11 is 5.27. The number of amides is 1. The molecule has 12 heteroatoms. The molecule has 36 heavy (non-hydrogen) atoms. The molecule has 3 rings (SSSR count). The van der Waals surface area contributed by atoms with Crippen molar-refractivity contribution >= 4 is 40.3 Å². The summed E-state index contributed by atoms with van der Waals surface area (Å²) in [6.07, 6.45) is -6.92. The van der Waals surface area contributed by atoms with Crippen molar-refractivity contribution in [1.29, 1.82) is 0 Å². The summed E-state index contributed by atoms with van der Waals surface area (Å²) in [7, 11) is 0. The Morgan fingerprint density at radius 3 is 2.00 bits per heavy atom. The fourth-order valence-electron chi connectivity index (χ4n) is 3.04. The van der Waals surface area contributed by atoms with Gasteiger partial charge < -0.3 is 16.0 Å². The third kappa shape index (κ3) is 6.81. The Balaban J connectivity index is 1.79. The van der Waals surface area contributed by atoms with E-state index in [-0.39, 0.29) is 16.7 Å². The molecule has 0 spiro atoms. The van der Waals surface area contributed by atoms with Crippen molar-refractivity contribution in [3.63, 3.8) is 0 Å². The van der Waals surface area contributed by atoms with Crippen LogP contribution in [-0.2, 0) is 12.4 Å². The minimum atomic E-state index is -5.04. The Kier molecular flexibility index (Phi) is 7.68. The maximum Gasteiger partial charge on any atom is 0.416 e. The molecule has 1 amide bonds. The summed E-state index contributed by atoms with van der Waals surface area (Å²) in [6.45, 7) is 5.59. The predicted octanol–water partition coefficient (Wildman–Crippen LogP) is 6.64. The summed E-state index contributed by atoms with van der Waals surface area (Å²) in [4.78, 5) is 16.6. The maximum absolute atomic E-state index is 13.1. The summed E-state index contributed by atoms with van der Waals surface area (Å²) in [6, 6.07) is 8.57. The number of aromatic nitrogens is 1. The number of alkyl halides is 6. The van der Waals surface area contributed by atoms with E-state index in [9.17, 15) is 31.1 Å². The van der Waals surface area contributed by atoms with Gasteiger partial charge >= 0.3 is 12.4 Å². The first-order valence-corrected chi connectivity index (χ1v) is 10.5. The van der Waals surface area contributed by atoms with Gasteiger partial charge in [-0.15, -0.1) is 0 Å². The number of thiocarbonyl (C=S) groups is 1. The van der Waals surface area contributed by atoms with Crippen LogP contribution in [0.15, 0.2) is 67.5 Å². The Morgan fingerprint density at radius 1 is 0.861 bits per heavy atom. The minimum absolute atomic E-state index is 0.0165. The molecule has 0 aliphatic carbocycles. The average molecular weight is 524 g/mol. The molecule has 0 aliphatic heterocycles. The smallest absolute Gasteiger partial charge is 0.332 e. The van der Waals surface area contributed by atoms with Crippen LogP contribution in [0.5, 0.6) is 0 Å². The molecule has 0 unspecified atom stereocenters. The van der Waals surface area contributed by atoms with E-state index in [2.05, 4.69) is 27.5 Å². The van der Waals surface area contributed by atoms with Crippen LogP contribution in [0.25, 0.3) is 5.70 Å². The lowest BCUT2D eigenvalue weighted by molar-refractivity contribution is -0.143. The van der Waals surface area contributed by atoms with Crippen LogP contribution in [-0.4, -0.2) is 16.0 Å². The van der Waals surface area contributed by atoms with Crippen molar-refractivity contribution in [3.05, 3.63) is 95.3 Å². The third-order valence-corrected chi connectivity index (χ3v) is 5.09. The van der Waals surface area contributed by atoms with E-state index in [1.54, 1.807) is 37.5 Å². The molecule has 0 aliphatic rings. The molecule has 0 atom stereocenters. The monoisotopic (exact) mass is 524 g/mol. The highest BCUT2D eigenvalue weighted by Crippen LogP contribution is 2.37. The Bertz CT molecular complexity index is 1270. The van der Waals surface area contributed by atoms with Crippen LogP contribution in [0.1, 0.15) is 32.6 Å². The van der Waals surface area contributed by atoms with Crippen molar-refractivity contribution < 1.29 is 31.1 Å². The van der Waals surface area contributed by atoms with Crippen molar-refractivity contribution in [2.75, 3.05) is 10.6 Å². The summed E-state index contributed by atoms with van der Waals surface area (Å²) in [5.41, 5.74) is -1.47. The topological polar surface area (TPSA) is 66.0 Å². The molecule has 0 radical (unpaired) electrons. The Morgan fingerprint density at radius 2 is 1.44 bits per heavy atom. The Labute approximate surface area is 207 Å². The third-order valence-electron chi connectivity index (χ3n) is 4.89. The summed E-state index contributed by atoms with van der Waals surface area (Å²) in [5.74, 6) is -0.912. The molecule has 3 N–H and O–H groups in total. The number of benzene rings is 2. The number of aryl methyl sites for hydroxylation is 1. The minimum Gasteiger partial charge on any atom is -0.332 e. The highest BCUT2D eigenvalue weighted by atomic mass is 32.1. The van der Waals surface area contributed by atoms with Gasteiger partial charge in [0.15, 0.2) is 5.11 Å². The van der Waals surface area contributed by atoms with E-state index in [0.717, 1.165) is 5.56 Å². The van der Waals surface area contributed by atoms with E-state index >= 15 is 0 Å². The number of anilines is 2. The normalized spacial score (nSPS) is 11.5. The number of rotatable bonds is 5. The van der Waals surface area contributed by atoms with E-state index in [4.69, 9.17) is 12.2 Å². The standard InChI is InChI=1S/C24H18F6N4OS/c1-13-3-4-16(9-20(13)34-22(36)32-14(2)15-5-7-31-8-6-15)21(35)33-19-11-17(23(25,26)27)10-18(12-19)24(28,29)30/h3-12H,2H2,1H3,(H,33,35)(H2,32,34,36). The molecule has 188 valence electrons. The number of nitrogens with one attached hydrogen (secondary N) is 3. The van der Waals surface area contributed by atoms with Gasteiger partial charge in [0.1, 0.15) is 0 Å². The molecular weight excluding hydrogens is 506 g/mol. The second-order valence-corrected chi connectivity index (χ2v) is 7.98. The van der Waals surface area contributed by atoms with Crippen LogP contribution < -0.4 is 16.0 Å². The van der Waals surface area contributed by atoms with Gasteiger partial charge in [-0.05, 0) is 67.2 Å². The van der Waals surface area contributed by atoms with Gasteiger partial charge in [0.05, 0.1) is 11.1 Å².